The van der Waals surface area contributed by atoms with Crippen LogP contribution in [0, 0.1) is 6.92 Å². The van der Waals surface area contributed by atoms with Gasteiger partial charge in [0.05, 0.1) is 0 Å². The lowest BCUT2D eigenvalue weighted by Crippen LogP contribution is -2.34. The van der Waals surface area contributed by atoms with Gasteiger partial charge < -0.3 is 15.7 Å². The van der Waals surface area contributed by atoms with Crippen LogP contribution in [-0.2, 0) is 0 Å². The molecule has 0 fully saturated rings. The minimum absolute atomic E-state index is 0.418. The van der Waals surface area contributed by atoms with Crippen LogP contribution in [0.3, 0.4) is 0 Å². The Kier molecular flexibility index (Phi) is 3.97. The molecule has 3 heteroatoms. The molecule has 0 amide bonds. The third-order valence-electron chi connectivity index (χ3n) is 2.65. The number of aliphatic hydroxyl groups excluding tert-OH is 1. The molecule has 1 rings (SSSR count). The number of aliphatic hydroxyl groups is 1. The number of anilines is 2. The lowest BCUT2D eigenvalue weighted by Gasteiger charge is -2.28. The van der Waals surface area contributed by atoms with Gasteiger partial charge in [0.1, 0.15) is 6.23 Å². The maximum atomic E-state index is 9.83. The number of nitrogens with two attached hydrogens (primary N) is 1. The van der Waals surface area contributed by atoms with E-state index in [2.05, 4.69) is 0 Å². The Morgan fingerprint density at radius 3 is 2.53 bits per heavy atom. The molecule has 0 aromatic heterocycles. The number of hydrogen-bond acceptors (Lipinski definition) is 3. The third kappa shape index (κ3) is 2.63. The van der Waals surface area contributed by atoms with Gasteiger partial charge >= 0.3 is 0 Å². The second-order valence-electron chi connectivity index (χ2n) is 3.72. The first-order valence-corrected chi connectivity index (χ1v) is 5.41. The van der Waals surface area contributed by atoms with Crippen molar-refractivity contribution >= 4 is 11.4 Å². The molecule has 0 aliphatic rings. The standard InChI is InChI=1S/C12H20N2O/c1-4-12(15)14(5-2)10-6-7-11(13)9(3)8-10/h6-8,12,15H,4-5,13H2,1-3H3. The number of nitrogens with zero attached hydrogens (tertiary/aromatic N) is 1. The van der Waals surface area contributed by atoms with Crippen molar-refractivity contribution in [1.29, 1.82) is 0 Å². The first kappa shape index (κ1) is 11.9. The predicted molar refractivity (Wildman–Crippen MR) is 64.9 cm³/mol. The monoisotopic (exact) mass is 208 g/mol. The van der Waals surface area contributed by atoms with Crippen LogP contribution in [0.15, 0.2) is 18.2 Å². The molecule has 0 saturated carbocycles. The summed E-state index contributed by atoms with van der Waals surface area (Å²) in [6.45, 7) is 6.77. The first-order chi connectivity index (χ1) is 7.10. The Hall–Kier alpha value is -1.22. The Bertz CT molecular complexity index is 325. The van der Waals surface area contributed by atoms with Crippen molar-refractivity contribution in [2.45, 2.75) is 33.4 Å². The number of hydrogen-bond donors (Lipinski definition) is 2. The highest BCUT2D eigenvalue weighted by atomic mass is 16.3. The van der Waals surface area contributed by atoms with Crippen LogP contribution in [0.1, 0.15) is 25.8 Å². The van der Waals surface area contributed by atoms with Gasteiger partial charge in [-0.15, -0.1) is 0 Å². The molecule has 3 N–H and O–H groups in total. The molecular weight excluding hydrogens is 188 g/mol. The van der Waals surface area contributed by atoms with E-state index in [1.165, 1.54) is 0 Å². The summed E-state index contributed by atoms with van der Waals surface area (Å²) in [7, 11) is 0. The molecule has 0 bridgehead atoms. The summed E-state index contributed by atoms with van der Waals surface area (Å²) in [6, 6.07) is 5.85. The second-order valence-corrected chi connectivity index (χ2v) is 3.72. The predicted octanol–water partition coefficient (Wildman–Crippen LogP) is 2.13. The average molecular weight is 208 g/mol. The molecule has 0 heterocycles. The first-order valence-electron chi connectivity index (χ1n) is 5.41. The summed E-state index contributed by atoms with van der Waals surface area (Å²) in [5.74, 6) is 0. The topological polar surface area (TPSA) is 49.5 Å². The summed E-state index contributed by atoms with van der Waals surface area (Å²) in [5.41, 5.74) is 8.63. The molecule has 3 nitrogen and oxygen atoms in total. The zero-order valence-electron chi connectivity index (χ0n) is 9.70. The van der Waals surface area contributed by atoms with Gasteiger partial charge in [0.2, 0.25) is 0 Å². The zero-order valence-corrected chi connectivity index (χ0v) is 9.70. The molecule has 1 atom stereocenters. The van der Waals surface area contributed by atoms with E-state index in [0.29, 0.717) is 0 Å². The van der Waals surface area contributed by atoms with E-state index < -0.39 is 6.23 Å². The summed E-state index contributed by atoms with van der Waals surface area (Å²) in [4.78, 5) is 1.96. The van der Waals surface area contributed by atoms with E-state index in [-0.39, 0.29) is 0 Å². The molecule has 0 aliphatic carbocycles. The largest absolute Gasteiger partial charge is 0.399 e. The SMILES string of the molecule is CCC(O)N(CC)c1ccc(N)c(C)c1. The molecule has 1 unspecified atom stereocenters. The van der Waals surface area contributed by atoms with E-state index in [0.717, 1.165) is 29.9 Å². The third-order valence-corrected chi connectivity index (χ3v) is 2.65. The van der Waals surface area contributed by atoms with Gasteiger partial charge in [-0.2, -0.15) is 0 Å². The van der Waals surface area contributed by atoms with Crippen molar-refractivity contribution in [2.24, 2.45) is 0 Å². The van der Waals surface area contributed by atoms with E-state index in [1.54, 1.807) is 0 Å². The molecular formula is C12H20N2O. The Labute approximate surface area is 91.5 Å². The highest BCUT2D eigenvalue weighted by Gasteiger charge is 2.12. The van der Waals surface area contributed by atoms with Gasteiger partial charge in [-0.3, -0.25) is 0 Å². The zero-order chi connectivity index (χ0) is 11.4. The lowest BCUT2D eigenvalue weighted by molar-refractivity contribution is 0.165. The molecule has 0 saturated heterocycles. The van der Waals surface area contributed by atoms with Crippen LogP contribution in [0.5, 0.6) is 0 Å². The number of benzene rings is 1. The second kappa shape index (κ2) is 5.03. The molecule has 0 spiro atoms. The summed E-state index contributed by atoms with van der Waals surface area (Å²) >= 11 is 0. The van der Waals surface area contributed by atoms with E-state index >= 15 is 0 Å². The quantitative estimate of drug-likeness (QED) is 0.588. The summed E-state index contributed by atoms with van der Waals surface area (Å²) in [5, 5.41) is 9.83. The van der Waals surface area contributed by atoms with Crippen molar-refractivity contribution < 1.29 is 5.11 Å². The van der Waals surface area contributed by atoms with Crippen molar-refractivity contribution in [3.63, 3.8) is 0 Å². The van der Waals surface area contributed by atoms with Crippen molar-refractivity contribution in [3.8, 4) is 0 Å². The minimum Gasteiger partial charge on any atom is -0.399 e. The molecule has 15 heavy (non-hydrogen) atoms. The van der Waals surface area contributed by atoms with Gasteiger partial charge in [0, 0.05) is 17.9 Å². The number of nitrogen functional groups attached to an aromatic ring is 1. The molecule has 0 radical (unpaired) electrons. The molecule has 0 aliphatic heterocycles. The molecule has 84 valence electrons. The maximum absolute atomic E-state index is 9.83. The van der Waals surface area contributed by atoms with Crippen molar-refractivity contribution in [2.75, 3.05) is 17.2 Å². The van der Waals surface area contributed by atoms with Gasteiger partial charge in [0.25, 0.3) is 0 Å². The fraction of sp³-hybridized carbons (Fsp3) is 0.500. The average Bonchev–Trinajstić information content (AvgIpc) is 2.24. The fourth-order valence-electron chi connectivity index (χ4n) is 1.62. The van der Waals surface area contributed by atoms with Crippen LogP contribution < -0.4 is 10.6 Å². The number of aryl methyl sites for hydroxylation is 1. The molecule has 1 aromatic carbocycles. The smallest absolute Gasteiger partial charge is 0.126 e. The normalized spacial score (nSPS) is 12.5. The van der Waals surface area contributed by atoms with Crippen LogP contribution in [0.2, 0.25) is 0 Å². The van der Waals surface area contributed by atoms with E-state index in [4.69, 9.17) is 5.73 Å². The fourth-order valence-corrected chi connectivity index (χ4v) is 1.62. The van der Waals surface area contributed by atoms with Crippen molar-refractivity contribution in [3.05, 3.63) is 23.8 Å². The van der Waals surface area contributed by atoms with E-state index in [9.17, 15) is 5.11 Å². The highest BCUT2D eigenvalue weighted by Crippen LogP contribution is 2.22. The Morgan fingerprint density at radius 2 is 2.07 bits per heavy atom. The molecule has 1 aromatic rings. The van der Waals surface area contributed by atoms with Crippen LogP contribution in [0.4, 0.5) is 11.4 Å². The lowest BCUT2D eigenvalue weighted by atomic mass is 10.1. The summed E-state index contributed by atoms with van der Waals surface area (Å²) in [6.07, 6.45) is 0.301. The minimum atomic E-state index is -0.418. The Morgan fingerprint density at radius 1 is 1.40 bits per heavy atom. The van der Waals surface area contributed by atoms with Crippen LogP contribution in [0.25, 0.3) is 0 Å². The van der Waals surface area contributed by atoms with Crippen LogP contribution >= 0.6 is 0 Å². The van der Waals surface area contributed by atoms with Crippen LogP contribution in [-0.4, -0.2) is 17.9 Å². The Balaban J connectivity index is 2.97. The van der Waals surface area contributed by atoms with Gasteiger partial charge in [-0.05, 0) is 44.0 Å². The van der Waals surface area contributed by atoms with Gasteiger partial charge in [-0.25, -0.2) is 0 Å². The van der Waals surface area contributed by atoms with Gasteiger partial charge in [0.15, 0.2) is 0 Å². The summed E-state index contributed by atoms with van der Waals surface area (Å²) < 4.78 is 0. The maximum Gasteiger partial charge on any atom is 0.126 e. The van der Waals surface area contributed by atoms with E-state index in [1.807, 2.05) is 43.9 Å². The van der Waals surface area contributed by atoms with Gasteiger partial charge in [-0.1, -0.05) is 6.92 Å². The highest BCUT2D eigenvalue weighted by molar-refractivity contribution is 5.58. The number of rotatable bonds is 4. The van der Waals surface area contributed by atoms with Crippen molar-refractivity contribution in [1.82, 2.24) is 0 Å².